The van der Waals surface area contributed by atoms with Crippen molar-refractivity contribution in [2.45, 2.75) is 149 Å². The molecule has 21 N–H and O–H groups in total. The molecule has 8 aromatic carbocycles. The number of nitrogens with two attached hydrogens (primary N) is 8. The van der Waals surface area contributed by atoms with Crippen LogP contribution in [-0.4, -0.2) is 111 Å². The fraction of sp³-hybridized carbons (Fsp3) is 0.277. The Morgan fingerprint density at radius 2 is 0.744 bits per heavy atom. The van der Waals surface area contributed by atoms with Crippen LogP contribution in [0.1, 0.15) is 223 Å². The van der Waals surface area contributed by atoms with E-state index in [4.69, 9.17) is 50.6 Å². The number of amides is 8. The average Bonchev–Trinajstić information content (AvgIpc) is 1.65. The van der Waals surface area contributed by atoms with Crippen molar-refractivity contribution in [3.05, 3.63) is 282 Å². The van der Waals surface area contributed by atoms with Crippen molar-refractivity contribution < 1.29 is 70.2 Å². The van der Waals surface area contributed by atoms with Gasteiger partial charge in [0.2, 0.25) is 0 Å². The van der Waals surface area contributed by atoms with Gasteiger partial charge >= 0.3 is 0 Å². The number of aliphatic hydroxyl groups excluding tert-OH is 1. The molecule has 1 aliphatic heterocycles. The molecule has 35 heteroatoms. The number of nitrogens with one attached hydrogen (secondary N) is 4. The first-order chi connectivity index (χ1) is 61.7. The van der Waals surface area contributed by atoms with Gasteiger partial charge in [0.15, 0.2) is 0 Å². The zero-order valence-corrected chi connectivity index (χ0v) is 71.6. The lowest BCUT2D eigenvalue weighted by Crippen LogP contribution is -2.25. The van der Waals surface area contributed by atoms with E-state index in [9.17, 15) is 61.0 Å². The fourth-order valence-electron chi connectivity index (χ4n) is 15.8. The van der Waals surface area contributed by atoms with Crippen LogP contribution in [0.5, 0.6) is 0 Å². The molecule has 672 valence electrons. The average molecular weight is 1770 g/mol. The maximum Gasteiger partial charge on any atom is 0.254 e. The molecule has 5 heterocycles. The molecule has 3 aliphatic rings. The van der Waals surface area contributed by atoms with Crippen LogP contribution in [0.3, 0.4) is 0 Å². The lowest BCUT2D eigenvalue weighted by atomic mass is 10.0. The second kappa shape index (κ2) is 41.5. The molecule has 15 rings (SSSR count). The summed E-state index contributed by atoms with van der Waals surface area (Å²) >= 11 is 0. The third-order valence-electron chi connectivity index (χ3n) is 22.9. The number of ether oxygens (including phenoxy) is 1. The predicted octanol–water partition coefficient (Wildman–Crippen LogP) is 12.7. The van der Waals surface area contributed by atoms with Gasteiger partial charge in [-0.15, -0.1) is 0 Å². The molecule has 4 aromatic heterocycles. The zero-order chi connectivity index (χ0) is 92.8. The summed E-state index contributed by atoms with van der Waals surface area (Å²) in [5.74, 6) is -7.36. The molecule has 8 amide bonds. The Labute approximate surface area is 739 Å². The van der Waals surface area contributed by atoms with Crippen LogP contribution in [0.2, 0.25) is 0 Å². The Bertz CT molecular complexity index is 6180. The van der Waals surface area contributed by atoms with Crippen molar-refractivity contribution in [2.24, 2.45) is 22.9 Å². The highest BCUT2D eigenvalue weighted by Gasteiger charge is 2.33. The first-order valence-electron chi connectivity index (χ1n) is 41.8. The van der Waals surface area contributed by atoms with E-state index in [-0.39, 0.29) is 116 Å². The fourth-order valence-corrected chi connectivity index (χ4v) is 15.8. The number of nitrogens with zero attached hydrogens (tertiary/aromatic N) is 8. The number of hydrogen-bond acceptors (Lipinski definition) is 18. The molecule has 129 heavy (non-hydrogen) atoms. The normalized spacial score (nSPS) is 13.5. The first kappa shape index (κ1) is 93.3. The number of primary amides is 4. The van der Waals surface area contributed by atoms with Crippen LogP contribution in [0.4, 0.5) is 45.2 Å². The molecule has 0 radical (unpaired) electrons. The SMILES string of the molecule is Cc1ccc(F)cc1C(=O)NCc1c(F)cc(-c2nn(C3CCOCC3)c(N)c2C(N)=O)cc1F.Cc1ccc(F)cc1C(=O)NCc1ccc(-c2nn(C3CCCC3)c(N)c2C(N)=O)c(F)c1.Cc1ccccc1C(=O)NCc1ccc(-c2nn(C(C)CO)c(N)c2C(N)=O)cc1.Cc1ccccc1C(=O)NCc1ccc(-c2nn(C3CCCC3)c(N)c2C(N)=O)cc1. The summed E-state index contributed by atoms with van der Waals surface area (Å²) in [5.41, 5.74) is 55.9. The second-order valence-corrected chi connectivity index (χ2v) is 31.8. The molecule has 2 saturated carbocycles. The van der Waals surface area contributed by atoms with Gasteiger partial charge in [0.25, 0.3) is 47.3 Å². The Hall–Kier alpha value is -14.9. The molecule has 2 aliphatic carbocycles. The summed E-state index contributed by atoms with van der Waals surface area (Å²) in [4.78, 5) is 97.8. The van der Waals surface area contributed by atoms with Gasteiger partial charge in [-0.05, 0) is 173 Å². The number of aliphatic hydroxyl groups is 1. The van der Waals surface area contributed by atoms with E-state index in [1.807, 2.05) is 92.7 Å². The van der Waals surface area contributed by atoms with Crippen molar-refractivity contribution in [1.29, 1.82) is 0 Å². The summed E-state index contributed by atoms with van der Waals surface area (Å²) < 4.78 is 83.4. The van der Waals surface area contributed by atoms with Gasteiger partial charge in [-0.2, -0.15) is 20.4 Å². The quantitative estimate of drug-likeness (QED) is 0.0236. The van der Waals surface area contributed by atoms with Gasteiger partial charge < -0.3 is 77.0 Å². The van der Waals surface area contributed by atoms with E-state index in [2.05, 4.69) is 41.7 Å². The van der Waals surface area contributed by atoms with Crippen molar-refractivity contribution >= 4 is 70.5 Å². The summed E-state index contributed by atoms with van der Waals surface area (Å²) in [7, 11) is 0. The lowest BCUT2D eigenvalue weighted by molar-refractivity contribution is 0.0669. The second-order valence-electron chi connectivity index (χ2n) is 31.8. The smallest absolute Gasteiger partial charge is 0.254 e. The number of carbonyl (C=O) groups is 8. The van der Waals surface area contributed by atoms with Crippen LogP contribution < -0.4 is 67.1 Å². The van der Waals surface area contributed by atoms with Gasteiger partial charge in [-0.1, -0.05) is 129 Å². The third kappa shape index (κ3) is 21.6. The molecule has 3 fully saturated rings. The Morgan fingerprint density at radius 1 is 0.395 bits per heavy atom. The highest BCUT2D eigenvalue weighted by atomic mass is 19.1. The van der Waals surface area contributed by atoms with Gasteiger partial charge in [-0.25, -0.2) is 40.7 Å². The molecule has 12 aromatic rings. The maximum absolute atomic E-state index is 15.1. The van der Waals surface area contributed by atoms with Gasteiger partial charge in [-0.3, -0.25) is 38.4 Å². The first-order valence-corrected chi connectivity index (χ1v) is 41.8. The monoisotopic (exact) mass is 1760 g/mol. The number of carbonyl (C=O) groups excluding carboxylic acids is 8. The summed E-state index contributed by atoms with van der Waals surface area (Å²) in [6, 6.07) is 43.4. The molecule has 1 atom stereocenters. The van der Waals surface area contributed by atoms with E-state index in [1.54, 1.807) is 54.4 Å². The highest BCUT2D eigenvalue weighted by Crippen LogP contribution is 2.40. The molecule has 0 spiro atoms. The van der Waals surface area contributed by atoms with Crippen LogP contribution in [0.25, 0.3) is 45.0 Å². The molecule has 1 saturated heterocycles. The van der Waals surface area contributed by atoms with Crippen molar-refractivity contribution in [2.75, 3.05) is 42.8 Å². The molecule has 1 unspecified atom stereocenters. The topological polar surface area (TPSA) is 494 Å². The molecular weight excluding hydrogens is 1660 g/mol. The number of rotatable bonds is 25. The van der Waals surface area contributed by atoms with Crippen molar-refractivity contribution in [3.8, 4) is 45.0 Å². The van der Waals surface area contributed by atoms with E-state index >= 15 is 4.39 Å². The summed E-state index contributed by atoms with van der Waals surface area (Å²) in [6.07, 6.45) is 9.33. The minimum absolute atomic E-state index is 0.00318. The Morgan fingerprint density at radius 3 is 1.16 bits per heavy atom. The minimum atomic E-state index is -0.967. The number of anilines is 4. The van der Waals surface area contributed by atoms with Gasteiger partial charge in [0.1, 0.15) is 97.4 Å². The molecule has 0 bridgehead atoms. The third-order valence-corrected chi connectivity index (χ3v) is 22.9. The zero-order valence-electron chi connectivity index (χ0n) is 71.6. The van der Waals surface area contributed by atoms with Gasteiger partial charge in [0, 0.05) is 89.5 Å². The number of nitrogen functional groups attached to an aromatic ring is 4. The van der Waals surface area contributed by atoms with Crippen LogP contribution in [0.15, 0.2) is 164 Å². The Kier molecular flexibility index (Phi) is 30.0. The van der Waals surface area contributed by atoms with Crippen LogP contribution in [0, 0.1) is 56.8 Å². The largest absolute Gasteiger partial charge is 0.394 e. The summed E-state index contributed by atoms with van der Waals surface area (Å²) in [6.45, 7) is 9.97. The van der Waals surface area contributed by atoms with E-state index in [0.717, 1.165) is 103 Å². The molecule has 30 nitrogen and oxygen atoms in total. The van der Waals surface area contributed by atoms with Crippen LogP contribution >= 0.6 is 0 Å². The predicted molar refractivity (Wildman–Crippen MR) is 477 cm³/mol. The number of benzene rings is 8. The van der Waals surface area contributed by atoms with Crippen LogP contribution in [-0.2, 0) is 30.9 Å². The maximum atomic E-state index is 15.1. The minimum Gasteiger partial charge on any atom is -0.394 e. The molecular formula is C94H101F5N20O10. The summed E-state index contributed by atoms with van der Waals surface area (Å²) in [5, 5.41) is 38.2. The van der Waals surface area contributed by atoms with E-state index in [0.29, 0.717) is 89.7 Å². The van der Waals surface area contributed by atoms with E-state index in [1.165, 1.54) is 45.8 Å². The number of hydrogen-bond donors (Lipinski definition) is 13. The number of aromatic nitrogens is 8. The Balaban J connectivity index is 0.000000156. The van der Waals surface area contributed by atoms with Crippen molar-refractivity contribution in [3.63, 3.8) is 0 Å². The number of halogens is 5. The number of aryl methyl sites for hydroxylation is 4. The van der Waals surface area contributed by atoms with Crippen molar-refractivity contribution in [1.82, 2.24) is 60.4 Å². The van der Waals surface area contributed by atoms with E-state index < -0.39 is 82.7 Å². The standard InChI is InChI=1S/C24H24F3N5O3.C24H25F2N5O2.C24H27N5O2.C22H25N5O3/c1-12-2-3-14(25)10-16(12)24(34)30-11-17-18(26)8-13(9-19(17)27)21-20(23(29)33)22(28)32(31-21)15-4-6-35-7-5-15;1-13-6-8-15(25)11-18(13)24(33)29-12-14-7-9-17(19(26)10-14)21-20(23(28)32)22(27)31(30-21)16-4-2-3-5-16;1-15-6-2-5-9-19(15)24(31)27-14-16-10-12-17(13-11-16)21-20(23(26)30)22(25)29(28-21)18-7-3-4-8-18;1-13-5-3-4-6-17(13)22(30)25-11-15-7-9-16(10-8-15)19-18(21(24)29)20(23)27(26-19)14(2)12-28/h2-3,8-10,15H,4-7,11,28H2,1H3,(H2,29,33)(H,30,34);6-11,16H,2-5,12,27H2,1H3,(H2,28,32)(H,29,33);2,5-6,9-13,18H,3-4,7-8,14,25H2,1H3,(H2,26,30)(H,27,31);3-10,14,28H,11-12,23H2,1-2H3,(H2,24,29)(H,25,30). The van der Waals surface area contributed by atoms with Gasteiger partial charge in [0.05, 0.1) is 30.8 Å². The lowest BCUT2D eigenvalue weighted by Gasteiger charge is -2.23. The highest BCUT2D eigenvalue weighted by molar-refractivity contribution is 6.06.